The highest BCUT2D eigenvalue weighted by molar-refractivity contribution is 5.99. The molecular formula is C21H19NO9. The second-order valence-electron chi connectivity index (χ2n) is 6.37. The molecule has 2 aromatic carbocycles. The number of hydrogen-bond donors (Lipinski definition) is 2. The van der Waals surface area contributed by atoms with Crippen LogP contribution in [0.25, 0.3) is 11.1 Å². The molecule has 0 fully saturated rings. The lowest BCUT2D eigenvalue weighted by atomic mass is 9.90. The number of carboxylic acid groups (broad SMARTS) is 1. The van der Waals surface area contributed by atoms with E-state index in [9.17, 15) is 25.1 Å². The minimum absolute atomic E-state index is 0.148. The topological polar surface area (TPSA) is 138 Å². The third-order valence-electron chi connectivity index (χ3n) is 4.65. The van der Waals surface area contributed by atoms with Crippen LogP contribution in [0.1, 0.15) is 11.1 Å². The van der Waals surface area contributed by atoms with Crippen LogP contribution in [0.2, 0.25) is 0 Å². The molecule has 0 saturated carbocycles. The van der Waals surface area contributed by atoms with Crippen molar-refractivity contribution in [2.24, 2.45) is 0 Å². The van der Waals surface area contributed by atoms with E-state index >= 15 is 0 Å². The maximum absolute atomic E-state index is 12.1. The molecule has 0 bridgehead atoms. The molecule has 10 heteroatoms. The van der Waals surface area contributed by atoms with Crippen molar-refractivity contribution < 1.29 is 38.9 Å². The molecule has 0 amide bonds. The number of ether oxygens (including phenoxy) is 4. The highest BCUT2D eigenvalue weighted by atomic mass is 16.6. The normalized spacial score (nSPS) is 15.9. The van der Waals surface area contributed by atoms with Crippen LogP contribution in [-0.4, -0.2) is 48.5 Å². The SMILES string of the molecule is COc1ccc(C2=C([N+](=O)[O-])C(c3cc(OC)cc(OC)c3)=C(O)OC2C(=O)O)cc1. The molecule has 3 rings (SSSR count). The zero-order chi connectivity index (χ0) is 22.7. The highest BCUT2D eigenvalue weighted by Gasteiger charge is 2.43. The number of rotatable bonds is 7. The number of hydrogen-bond acceptors (Lipinski definition) is 8. The van der Waals surface area contributed by atoms with Crippen molar-refractivity contribution in [2.45, 2.75) is 6.10 Å². The molecule has 10 nitrogen and oxygen atoms in total. The number of aliphatic carboxylic acids is 1. The first-order valence-electron chi connectivity index (χ1n) is 8.90. The summed E-state index contributed by atoms with van der Waals surface area (Å²) in [6.45, 7) is 0. The quantitative estimate of drug-likeness (QED) is 0.502. The van der Waals surface area contributed by atoms with Crippen LogP contribution in [-0.2, 0) is 9.53 Å². The van der Waals surface area contributed by atoms with Gasteiger partial charge in [0.1, 0.15) is 22.8 Å². The number of nitro groups is 1. The van der Waals surface area contributed by atoms with E-state index in [0.717, 1.165) is 0 Å². The molecule has 1 atom stereocenters. The predicted octanol–water partition coefficient (Wildman–Crippen LogP) is 3.11. The van der Waals surface area contributed by atoms with Crippen LogP contribution < -0.4 is 14.2 Å². The Balaban J connectivity index is 2.33. The lowest BCUT2D eigenvalue weighted by Crippen LogP contribution is -2.31. The minimum atomic E-state index is -1.80. The van der Waals surface area contributed by atoms with Gasteiger partial charge in [0.05, 0.1) is 31.8 Å². The van der Waals surface area contributed by atoms with Crippen molar-refractivity contribution in [3.63, 3.8) is 0 Å². The molecule has 0 saturated heterocycles. The fourth-order valence-corrected chi connectivity index (χ4v) is 3.22. The van der Waals surface area contributed by atoms with E-state index in [1.165, 1.54) is 57.7 Å². The van der Waals surface area contributed by atoms with Crippen LogP contribution in [0.4, 0.5) is 0 Å². The van der Waals surface area contributed by atoms with Crippen molar-refractivity contribution in [3.8, 4) is 17.2 Å². The fourth-order valence-electron chi connectivity index (χ4n) is 3.22. The van der Waals surface area contributed by atoms with Gasteiger partial charge < -0.3 is 29.2 Å². The van der Waals surface area contributed by atoms with Gasteiger partial charge in [-0.3, -0.25) is 10.1 Å². The first kappa shape index (κ1) is 21.5. The van der Waals surface area contributed by atoms with E-state index in [1.807, 2.05) is 0 Å². The highest BCUT2D eigenvalue weighted by Crippen LogP contribution is 2.42. The number of benzene rings is 2. The van der Waals surface area contributed by atoms with Crippen molar-refractivity contribution in [1.29, 1.82) is 0 Å². The molecule has 0 radical (unpaired) electrons. The number of aliphatic hydroxyl groups is 1. The van der Waals surface area contributed by atoms with Crippen LogP contribution in [0.5, 0.6) is 17.2 Å². The summed E-state index contributed by atoms with van der Waals surface area (Å²) in [5, 5.41) is 32.3. The lowest BCUT2D eigenvalue weighted by molar-refractivity contribution is -0.417. The van der Waals surface area contributed by atoms with E-state index in [-0.39, 0.29) is 22.3 Å². The predicted molar refractivity (Wildman–Crippen MR) is 109 cm³/mol. The Kier molecular flexibility index (Phi) is 6.00. The van der Waals surface area contributed by atoms with Gasteiger partial charge in [0, 0.05) is 11.6 Å². The zero-order valence-electron chi connectivity index (χ0n) is 16.8. The summed E-state index contributed by atoms with van der Waals surface area (Å²) in [6.07, 6.45) is -1.80. The second kappa shape index (κ2) is 8.66. The van der Waals surface area contributed by atoms with Crippen LogP contribution in [0.15, 0.2) is 54.1 Å². The Bertz CT molecular complexity index is 1060. The zero-order valence-corrected chi connectivity index (χ0v) is 16.8. The monoisotopic (exact) mass is 429 g/mol. The van der Waals surface area contributed by atoms with Gasteiger partial charge in [-0.05, 0) is 29.8 Å². The Morgan fingerprint density at radius 3 is 1.97 bits per heavy atom. The van der Waals surface area contributed by atoms with Crippen molar-refractivity contribution >= 4 is 17.1 Å². The largest absolute Gasteiger partial charge is 0.497 e. The fraction of sp³-hybridized carbons (Fsp3) is 0.190. The van der Waals surface area contributed by atoms with Crippen molar-refractivity contribution in [3.05, 3.63) is 75.3 Å². The van der Waals surface area contributed by atoms with Gasteiger partial charge >= 0.3 is 5.97 Å². The third kappa shape index (κ3) is 4.08. The molecule has 1 unspecified atom stereocenters. The van der Waals surface area contributed by atoms with Crippen molar-refractivity contribution in [2.75, 3.05) is 21.3 Å². The van der Waals surface area contributed by atoms with Gasteiger partial charge in [0.25, 0.3) is 11.6 Å². The maximum atomic E-state index is 12.1. The van der Waals surface area contributed by atoms with Gasteiger partial charge in [0.2, 0.25) is 6.10 Å². The smallest absolute Gasteiger partial charge is 0.350 e. The number of methoxy groups -OCH3 is 3. The van der Waals surface area contributed by atoms with Gasteiger partial charge in [-0.2, -0.15) is 0 Å². The molecule has 0 aromatic heterocycles. The van der Waals surface area contributed by atoms with E-state index in [2.05, 4.69) is 0 Å². The van der Waals surface area contributed by atoms with E-state index in [1.54, 1.807) is 6.07 Å². The maximum Gasteiger partial charge on any atom is 0.350 e. The Labute approximate surface area is 176 Å². The number of aliphatic hydroxyl groups excluding tert-OH is 1. The summed E-state index contributed by atoms with van der Waals surface area (Å²) in [5.74, 6) is -1.30. The van der Waals surface area contributed by atoms with Crippen LogP contribution in [0.3, 0.4) is 0 Å². The molecule has 0 spiro atoms. The Morgan fingerprint density at radius 2 is 1.52 bits per heavy atom. The standard InChI is InChI=1S/C21H19NO9/c1-28-13-6-4-11(5-7-13)16-18(22(26)27)17(21(25)31-19(16)20(23)24)12-8-14(29-2)10-15(9-12)30-3/h4-10,19,25H,1-3H3,(H,23,24). The summed E-state index contributed by atoms with van der Waals surface area (Å²) in [4.78, 5) is 23.2. The first-order valence-corrected chi connectivity index (χ1v) is 8.90. The molecule has 2 N–H and O–H groups in total. The minimum Gasteiger partial charge on any atom is -0.497 e. The number of nitrogens with zero attached hydrogens (tertiary/aromatic N) is 1. The summed E-state index contributed by atoms with van der Waals surface area (Å²) in [6, 6.07) is 10.4. The summed E-state index contributed by atoms with van der Waals surface area (Å²) in [7, 11) is 4.25. The molecule has 1 aliphatic rings. The van der Waals surface area contributed by atoms with Gasteiger partial charge in [0.15, 0.2) is 0 Å². The average Bonchev–Trinajstić information content (AvgIpc) is 2.77. The van der Waals surface area contributed by atoms with Gasteiger partial charge in [-0.1, -0.05) is 12.1 Å². The van der Waals surface area contributed by atoms with Crippen LogP contribution >= 0.6 is 0 Å². The first-order chi connectivity index (χ1) is 14.8. The Hall–Kier alpha value is -4.21. The van der Waals surface area contributed by atoms with E-state index in [0.29, 0.717) is 17.2 Å². The summed E-state index contributed by atoms with van der Waals surface area (Å²) >= 11 is 0. The molecule has 1 aliphatic heterocycles. The van der Waals surface area contributed by atoms with Crippen LogP contribution in [0, 0.1) is 10.1 Å². The molecule has 2 aromatic rings. The molecule has 162 valence electrons. The number of carbonyl (C=O) groups is 1. The number of carboxylic acids is 1. The average molecular weight is 429 g/mol. The summed E-state index contributed by atoms with van der Waals surface area (Å²) in [5.41, 5.74) is -0.771. The van der Waals surface area contributed by atoms with E-state index in [4.69, 9.17) is 18.9 Å². The summed E-state index contributed by atoms with van der Waals surface area (Å²) < 4.78 is 20.7. The van der Waals surface area contributed by atoms with E-state index < -0.39 is 28.6 Å². The third-order valence-corrected chi connectivity index (χ3v) is 4.65. The van der Waals surface area contributed by atoms with Gasteiger partial charge in [-0.25, -0.2) is 4.79 Å². The molecule has 31 heavy (non-hydrogen) atoms. The lowest BCUT2D eigenvalue weighted by Gasteiger charge is -2.25. The molecule has 0 aliphatic carbocycles. The Morgan fingerprint density at radius 1 is 0.968 bits per heavy atom. The van der Waals surface area contributed by atoms with Gasteiger partial charge in [-0.15, -0.1) is 0 Å². The number of allylic oxidation sites excluding steroid dienone is 1. The second-order valence-corrected chi connectivity index (χ2v) is 6.37. The molecular weight excluding hydrogens is 410 g/mol. The molecule has 1 heterocycles. The van der Waals surface area contributed by atoms with Crippen molar-refractivity contribution in [1.82, 2.24) is 0 Å².